The molecule has 0 unspecified atom stereocenters. The predicted molar refractivity (Wildman–Crippen MR) is 268 cm³/mol. The van der Waals surface area contributed by atoms with Crippen LogP contribution in [0.5, 0.6) is 0 Å². The molecule has 0 bridgehead atoms. The second-order valence-electron chi connectivity index (χ2n) is 19.6. The smallest absolute Gasteiger partial charge is 0.306 e. The van der Waals surface area contributed by atoms with Gasteiger partial charge in [-0.05, 0) is 25.7 Å². The predicted octanol–water partition coefficient (Wildman–Crippen LogP) is 15.0. The molecule has 12 nitrogen and oxygen atoms in total. The van der Waals surface area contributed by atoms with Crippen molar-refractivity contribution in [3.63, 3.8) is 0 Å². The molecular weight excluding hydrogens is 851 g/mol. The Bertz CT molecular complexity index is 1230. The lowest BCUT2D eigenvalue weighted by Crippen LogP contribution is -2.63. The second-order valence-corrected chi connectivity index (χ2v) is 19.6. The lowest BCUT2D eigenvalue weighted by atomic mass is 9.93. The maximum atomic E-state index is 13.7. The summed E-state index contributed by atoms with van der Waals surface area (Å²) in [4.78, 5) is 65.5. The van der Waals surface area contributed by atoms with Crippen LogP contribution in [0.4, 0.5) is 0 Å². The van der Waals surface area contributed by atoms with E-state index in [2.05, 4.69) is 27.7 Å². The van der Waals surface area contributed by atoms with Gasteiger partial charge in [-0.1, -0.05) is 233 Å². The third-order valence-electron chi connectivity index (χ3n) is 13.2. The average Bonchev–Trinajstić information content (AvgIpc) is 3.30. The molecule has 392 valence electrons. The Hall–Kier alpha value is -2.76. The minimum absolute atomic E-state index is 0.0829. The van der Waals surface area contributed by atoms with Crippen molar-refractivity contribution in [2.45, 2.75) is 315 Å². The summed E-state index contributed by atoms with van der Waals surface area (Å²) in [5.41, 5.74) is 0. The van der Waals surface area contributed by atoms with Gasteiger partial charge in [0.1, 0.15) is 12.7 Å². The van der Waals surface area contributed by atoms with Crippen LogP contribution in [0.15, 0.2) is 0 Å². The fourth-order valence-electron chi connectivity index (χ4n) is 9.04. The normalized spacial score (nSPS) is 18.1. The molecule has 0 aliphatic carbocycles. The van der Waals surface area contributed by atoms with Gasteiger partial charge in [-0.3, -0.25) is 29.3 Å². The molecule has 0 radical (unpaired) electrons. The van der Waals surface area contributed by atoms with Crippen LogP contribution in [0.3, 0.4) is 0 Å². The van der Waals surface area contributed by atoms with E-state index in [-0.39, 0.29) is 32.3 Å². The number of carbonyl (C=O) groups is 4. The van der Waals surface area contributed by atoms with E-state index >= 15 is 0 Å². The van der Waals surface area contributed by atoms with Crippen molar-refractivity contribution in [2.75, 3.05) is 13.2 Å². The maximum absolute atomic E-state index is 13.7. The largest absolute Gasteiger partial charge is 0.463 e. The van der Waals surface area contributed by atoms with Gasteiger partial charge in [0, 0.05) is 30.6 Å². The van der Waals surface area contributed by atoms with E-state index in [1.807, 2.05) is 0 Å². The van der Waals surface area contributed by atoms with Crippen LogP contribution in [0, 0.1) is 10.1 Å². The molecule has 5 atom stereocenters. The zero-order valence-electron chi connectivity index (χ0n) is 43.5. The zero-order chi connectivity index (χ0) is 49.0. The fraction of sp³-hybridized carbons (Fsp3) is 0.927. The summed E-state index contributed by atoms with van der Waals surface area (Å²) in [6.07, 6.45) is 32.4. The molecule has 0 aromatic carbocycles. The third-order valence-corrected chi connectivity index (χ3v) is 13.2. The van der Waals surface area contributed by atoms with Crippen molar-refractivity contribution in [1.29, 1.82) is 0 Å². The highest BCUT2D eigenvalue weighted by molar-refractivity contribution is 5.72. The first-order chi connectivity index (χ1) is 32.7. The molecule has 0 amide bonds. The molecule has 1 saturated heterocycles. The highest BCUT2D eigenvalue weighted by atomic mass is 16.7. The zero-order valence-corrected chi connectivity index (χ0v) is 43.5. The van der Waals surface area contributed by atoms with Gasteiger partial charge in [-0.25, -0.2) is 0 Å². The Morgan fingerprint density at radius 2 is 0.627 bits per heavy atom. The van der Waals surface area contributed by atoms with Crippen molar-refractivity contribution in [3.8, 4) is 0 Å². The van der Waals surface area contributed by atoms with Crippen molar-refractivity contribution < 1.29 is 47.8 Å². The topological polar surface area (TPSA) is 158 Å². The number of rotatable bonds is 47. The van der Waals surface area contributed by atoms with Crippen molar-refractivity contribution in [2.24, 2.45) is 0 Å². The lowest BCUT2D eigenvalue weighted by molar-refractivity contribution is -0.498. The van der Waals surface area contributed by atoms with E-state index < -0.39 is 65.9 Å². The van der Waals surface area contributed by atoms with E-state index in [9.17, 15) is 29.3 Å². The van der Waals surface area contributed by atoms with E-state index in [4.69, 9.17) is 23.7 Å². The molecule has 0 spiro atoms. The van der Waals surface area contributed by atoms with Gasteiger partial charge in [0.25, 0.3) is 0 Å². The third kappa shape index (κ3) is 35.1. The number of nitro groups is 1. The number of hydrogen-bond donors (Lipinski definition) is 0. The van der Waals surface area contributed by atoms with Gasteiger partial charge < -0.3 is 23.7 Å². The summed E-state index contributed by atoms with van der Waals surface area (Å²) in [6.45, 7) is 7.68. The summed E-state index contributed by atoms with van der Waals surface area (Å²) in [5.74, 6) is -2.16. The van der Waals surface area contributed by atoms with Gasteiger partial charge in [-0.2, -0.15) is 0 Å². The molecule has 1 aliphatic rings. The van der Waals surface area contributed by atoms with Crippen LogP contribution < -0.4 is 0 Å². The average molecular weight is 952 g/mol. The lowest BCUT2D eigenvalue weighted by Gasteiger charge is -2.43. The van der Waals surface area contributed by atoms with Crippen molar-refractivity contribution in [1.82, 2.24) is 0 Å². The summed E-state index contributed by atoms with van der Waals surface area (Å²) < 4.78 is 30.2. The van der Waals surface area contributed by atoms with E-state index in [1.54, 1.807) is 0 Å². The summed E-state index contributed by atoms with van der Waals surface area (Å²) in [7, 11) is 0. The number of esters is 4. The number of hydrogen-bond acceptors (Lipinski definition) is 11. The molecular formula is C55H101NO11. The number of ether oxygens (including phenoxy) is 5. The fourth-order valence-corrected chi connectivity index (χ4v) is 9.04. The molecule has 1 heterocycles. The van der Waals surface area contributed by atoms with Gasteiger partial charge in [0.05, 0.1) is 0 Å². The van der Waals surface area contributed by atoms with Crippen LogP contribution in [0.2, 0.25) is 0 Å². The van der Waals surface area contributed by atoms with Gasteiger partial charge in [0.2, 0.25) is 6.54 Å². The Labute approximate surface area is 408 Å². The van der Waals surface area contributed by atoms with Crippen LogP contribution in [-0.4, -0.2) is 72.5 Å². The Morgan fingerprint density at radius 3 is 0.925 bits per heavy atom. The second kappa shape index (κ2) is 44.4. The number of unbranched alkanes of at least 4 members (excludes halogenated alkanes) is 32. The van der Waals surface area contributed by atoms with Gasteiger partial charge in [0.15, 0.2) is 24.4 Å². The minimum atomic E-state index is -1.41. The Kier molecular flexibility index (Phi) is 41.3. The van der Waals surface area contributed by atoms with E-state index in [1.165, 1.54) is 116 Å². The highest BCUT2D eigenvalue weighted by Gasteiger charge is 2.54. The quantitative estimate of drug-likeness (QED) is 0.0188. The van der Waals surface area contributed by atoms with E-state index in [0.29, 0.717) is 25.7 Å². The molecule has 1 aliphatic heterocycles. The van der Waals surface area contributed by atoms with E-state index in [0.717, 1.165) is 89.9 Å². The number of nitrogens with zero attached hydrogens (tertiary/aromatic N) is 1. The molecule has 0 saturated carbocycles. The monoisotopic (exact) mass is 952 g/mol. The van der Waals surface area contributed by atoms with Crippen molar-refractivity contribution in [3.05, 3.63) is 10.1 Å². The molecule has 0 aromatic heterocycles. The molecule has 1 fully saturated rings. The van der Waals surface area contributed by atoms with Crippen molar-refractivity contribution >= 4 is 23.9 Å². The first-order valence-corrected chi connectivity index (χ1v) is 28.2. The summed E-state index contributed by atoms with van der Waals surface area (Å²) >= 11 is 0. The standard InChI is InChI=1S/C55H101NO11/c1-5-9-13-17-21-25-29-33-37-41-49(57)63-46-48-54(66-51(59)43-39-35-31-27-23-19-15-11-7-3)55(67-52(60)44-40-36-32-28-24-20-16-12-8-4)53(47(64-48)45-56(61)62)65-50(58)42-38-34-30-26-22-18-14-10-6-2/h47-48,53-55H,5-46H2,1-4H3/t47-,48+,53-,54-,55+/m0/s1. The van der Waals surface area contributed by atoms with Gasteiger partial charge >= 0.3 is 23.9 Å². The molecule has 0 aromatic rings. The van der Waals surface area contributed by atoms with Crippen LogP contribution >= 0.6 is 0 Å². The van der Waals surface area contributed by atoms with Crippen LogP contribution in [0.1, 0.15) is 285 Å². The van der Waals surface area contributed by atoms with Crippen LogP contribution in [0.25, 0.3) is 0 Å². The SMILES string of the molecule is CCCCCCCCCCCC(=O)OC[C@H]1O[C@@H](C[N+](=O)[O-])[C@H](OC(=O)CCCCCCCCCCC)[C@@H](OC(=O)CCCCCCCCCCC)[C@H]1OC(=O)CCCCCCCCCCC. The first kappa shape index (κ1) is 62.3. The molecule has 12 heteroatoms. The highest BCUT2D eigenvalue weighted by Crippen LogP contribution is 2.31. The first-order valence-electron chi connectivity index (χ1n) is 28.2. The number of carbonyl (C=O) groups excluding carboxylic acids is 4. The maximum Gasteiger partial charge on any atom is 0.306 e. The molecule has 67 heavy (non-hydrogen) atoms. The van der Waals surface area contributed by atoms with Crippen LogP contribution in [-0.2, 0) is 42.9 Å². The molecule has 0 N–H and O–H groups in total. The minimum Gasteiger partial charge on any atom is -0.463 e. The summed E-state index contributed by atoms with van der Waals surface area (Å²) in [6, 6.07) is 0. The molecule has 1 rings (SSSR count). The summed E-state index contributed by atoms with van der Waals surface area (Å²) in [5, 5.41) is 12.1. The Balaban J connectivity index is 3.21. The van der Waals surface area contributed by atoms with Gasteiger partial charge in [-0.15, -0.1) is 0 Å². The Morgan fingerprint density at radius 1 is 0.373 bits per heavy atom.